The van der Waals surface area contributed by atoms with Crippen LogP contribution in [-0.2, 0) is 6.42 Å². The van der Waals surface area contributed by atoms with Crippen LogP contribution in [0, 0.1) is 11.3 Å². The van der Waals surface area contributed by atoms with Crippen LogP contribution < -0.4 is 0 Å². The Morgan fingerprint density at radius 3 is 2.40 bits per heavy atom. The van der Waals surface area contributed by atoms with E-state index in [4.69, 9.17) is 5.41 Å². The van der Waals surface area contributed by atoms with Gasteiger partial charge in [-0.3, -0.25) is 0 Å². The maximum Gasteiger partial charge on any atom is 0.0253 e. The molecule has 0 radical (unpaired) electrons. The zero-order valence-electron chi connectivity index (χ0n) is 13.1. The molecule has 1 aromatic rings. The van der Waals surface area contributed by atoms with Gasteiger partial charge in [0.15, 0.2) is 0 Å². The maximum absolute atomic E-state index is 7.64. The lowest BCUT2D eigenvalue weighted by atomic mass is 9.86. The van der Waals surface area contributed by atoms with E-state index in [2.05, 4.69) is 40.0 Å². The summed E-state index contributed by atoms with van der Waals surface area (Å²) in [6.45, 7) is 16.5. The molecule has 1 aromatic carbocycles. The first-order chi connectivity index (χ1) is 9.42. The molecule has 0 unspecified atom stereocenters. The van der Waals surface area contributed by atoms with Gasteiger partial charge in [0.1, 0.15) is 0 Å². The molecule has 0 heterocycles. The lowest BCUT2D eigenvalue weighted by Gasteiger charge is -2.19. The monoisotopic (exact) mass is 267 g/mol. The van der Waals surface area contributed by atoms with Gasteiger partial charge in [0.2, 0.25) is 0 Å². The molecule has 0 fully saturated rings. The average Bonchev–Trinajstić information content (AvgIpc) is 2.39. The number of benzene rings is 1. The molecule has 1 rings (SSSR count). The van der Waals surface area contributed by atoms with Crippen LogP contribution in [0.4, 0.5) is 0 Å². The van der Waals surface area contributed by atoms with E-state index in [1.165, 1.54) is 17.3 Å². The molecule has 0 aromatic heterocycles. The van der Waals surface area contributed by atoms with Gasteiger partial charge >= 0.3 is 0 Å². The van der Waals surface area contributed by atoms with Crippen LogP contribution in [0.1, 0.15) is 44.4 Å². The zero-order chi connectivity index (χ0) is 15.3. The van der Waals surface area contributed by atoms with E-state index in [-0.39, 0.29) is 0 Å². The minimum absolute atomic E-state index is 0.547. The molecule has 0 saturated heterocycles. The highest BCUT2D eigenvalue weighted by Gasteiger charge is 2.14. The smallest absolute Gasteiger partial charge is 0.0253 e. The Morgan fingerprint density at radius 2 is 1.95 bits per heavy atom. The molecular weight excluding hydrogens is 242 g/mol. The van der Waals surface area contributed by atoms with Gasteiger partial charge in [-0.25, -0.2) is 0 Å². The van der Waals surface area contributed by atoms with Crippen molar-refractivity contribution in [2.75, 3.05) is 0 Å². The summed E-state index contributed by atoms with van der Waals surface area (Å²) < 4.78 is 0. The van der Waals surface area contributed by atoms with Crippen LogP contribution in [-0.4, -0.2) is 6.21 Å². The number of hydrogen-bond acceptors (Lipinski definition) is 1. The highest BCUT2D eigenvalue weighted by molar-refractivity contribution is 5.88. The summed E-state index contributed by atoms with van der Waals surface area (Å²) in [7, 11) is 0. The van der Waals surface area contributed by atoms with Crippen LogP contribution in [0.3, 0.4) is 0 Å². The van der Waals surface area contributed by atoms with E-state index in [1.54, 1.807) is 0 Å². The van der Waals surface area contributed by atoms with Crippen molar-refractivity contribution in [1.29, 1.82) is 5.41 Å². The summed E-state index contributed by atoms with van der Waals surface area (Å²) in [6.07, 6.45) is 4.28. The van der Waals surface area contributed by atoms with E-state index in [0.717, 1.165) is 28.7 Å². The van der Waals surface area contributed by atoms with E-state index in [0.29, 0.717) is 5.92 Å². The number of nitrogens with one attached hydrogen (secondary N) is 1. The Balaban J connectivity index is 3.61. The third-order valence-corrected chi connectivity index (χ3v) is 3.38. The highest BCUT2D eigenvalue weighted by atomic mass is 14.3. The second-order valence-corrected chi connectivity index (χ2v) is 5.66. The van der Waals surface area contributed by atoms with Gasteiger partial charge in [0, 0.05) is 6.21 Å². The van der Waals surface area contributed by atoms with Crippen LogP contribution in [0.15, 0.2) is 48.6 Å². The van der Waals surface area contributed by atoms with Crippen molar-refractivity contribution in [3.05, 3.63) is 65.3 Å². The average molecular weight is 267 g/mol. The van der Waals surface area contributed by atoms with Gasteiger partial charge in [-0.1, -0.05) is 56.9 Å². The summed E-state index contributed by atoms with van der Waals surface area (Å²) in [5.41, 5.74) is 6.73. The molecule has 20 heavy (non-hydrogen) atoms. The van der Waals surface area contributed by atoms with Gasteiger partial charge in [-0.05, 0) is 54.0 Å². The molecule has 1 heteroatoms. The quantitative estimate of drug-likeness (QED) is 0.526. The Hall–Kier alpha value is -1.89. The molecule has 0 aliphatic carbocycles. The summed E-state index contributed by atoms with van der Waals surface area (Å²) in [5.74, 6) is 0.547. The van der Waals surface area contributed by atoms with Gasteiger partial charge in [0.05, 0.1) is 0 Å². The molecule has 0 bridgehead atoms. The zero-order valence-corrected chi connectivity index (χ0v) is 13.1. The minimum Gasteiger partial charge on any atom is -0.308 e. The minimum atomic E-state index is 0.547. The fraction of sp³-hybridized carbons (Fsp3) is 0.316. The molecule has 0 aliphatic rings. The van der Waals surface area contributed by atoms with E-state index >= 15 is 0 Å². The second-order valence-electron chi connectivity index (χ2n) is 5.66. The van der Waals surface area contributed by atoms with Crippen LogP contribution in [0.5, 0.6) is 0 Å². The lowest BCUT2D eigenvalue weighted by molar-refractivity contribution is 0.646. The molecule has 1 N–H and O–H groups in total. The van der Waals surface area contributed by atoms with Gasteiger partial charge in [-0.15, -0.1) is 0 Å². The first-order valence-electron chi connectivity index (χ1n) is 7.04. The van der Waals surface area contributed by atoms with E-state index < -0.39 is 0 Å². The summed E-state index contributed by atoms with van der Waals surface area (Å²) in [5, 5.41) is 7.64. The van der Waals surface area contributed by atoms with Crippen molar-refractivity contribution in [2.45, 2.75) is 34.1 Å². The second kappa shape index (κ2) is 7.04. The topological polar surface area (TPSA) is 23.9 Å². The van der Waals surface area contributed by atoms with E-state index in [1.807, 2.05) is 25.1 Å². The van der Waals surface area contributed by atoms with Crippen LogP contribution >= 0.6 is 0 Å². The van der Waals surface area contributed by atoms with Gasteiger partial charge in [0.25, 0.3) is 0 Å². The standard InChI is InChI=1S/C19H25N/c1-7-15(6)19(14(4)5)17-10-8-9-16(12-20)18(17)11-13(2)3/h7-10,12-13,20H,1,4,11H2,2-3,5-6H3/b19-15+,20-12?. The van der Waals surface area contributed by atoms with Crippen molar-refractivity contribution in [3.63, 3.8) is 0 Å². The van der Waals surface area contributed by atoms with Crippen molar-refractivity contribution in [3.8, 4) is 0 Å². The van der Waals surface area contributed by atoms with E-state index in [9.17, 15) is 0 Å². The molecule has 106 valence electrons. The predicted octanol–water partition coefficient (Wildman–Crippen LogP) is 5.42. The van der Waals surface area contributed by atoms with Crippen molar-refractivity contribution < 1.29 is 0 Å². The predicted molar refractivity (Wildman–Crippen MR) is 90.5 cm³/mol. The van der Waals surface area contributed by atoms with Crippen molar-refractivity contribution in [1.82, 2.24) is 0 Å². The van der Waals surface area contributed by atoms with Crippen molar-refractivity contribution >= 4 is 11.8 Å². The Labute approximate surface area is 123 Å². The highest BCUT2D eigenvalue weighted by Crippen LogP contribution is 2.31. The first kappa shape index (κ1) is 16.2. The Bertz CT molecular complexity index is 559. The maximum atomic E-state index is 7.64. The molecule has 0 spiro atoms. The number of allylic oxidation sites excluding steroid dienone is 4. The largest absolute Gasteiger partial charge is 0.308 e. The van der Waals surface area contributed by atoms with Gasteiger partial charge in [-0.2, -0.15) is 0 Å². The first-order valence-corrected chi connectivity index (χ1v) is 7.04. The van der Waals surface area contributed by atoms with Crippen LogP contribution in [0.25, 0.3) is 5.57 Å². The lowest BCUT2D eigenvalue weighted by Crippen LogP contribution is -2.05. The summed E-state index contributed by atoms with van der Waals surface area (Å²) in [6, 6.07) is 6.15. The van der Waals surface area contributed by atoms with Gasteiger partial charge < -0.3 is 5.41 Å². The summed E-state index contributed by atoms with van der Waals surface area (Å²) >= 11 is 0. The number of rotatable bonds is 6. The molecule has 0 aliphatic heterocycles. The molecule has 0 saturated carbocycles. The SMILES string of the molecule is C=C/C(C)=C(\C(=C)C)c1cccc(C=N)c1CC(C)C. The third-order valence-electron chi connectivity index (χ3n) is 3.38. The Kier molecular flexibility index (Phi) is 5.69. The molecule has 0 atom stereocenters. The molecular formula is C19H25N. The summed E-state index contributed by atoms with van der Waals surface area (Å²) in [4.78, 5) is 0. The number of hydrogen-bond donors (Lipinski definition) is 1. The third kappa shape index (κ3) is 3.57. The fourth-order valence-corrected chi connectivity index (χ4v) is 2.49. The fourth-order valence-electron chi connectivity index (χ4n) is 2.49. The Morgan fingerprint density at radius 1 is 1.30 bits per heavy atom. The van der Waals surface area contributed by atoms with Crippen molar-refractivity contribution in [2.24, 2.45) is 5.92 Å². The molecule has 1 nitrogen and oxygen atoms in total. The van der Waals surface area contributed by atoms with Crippen LogP contribution in [0.2, 0.25) is 0 Å². The molecule has 0 amide bonds. The normalized spacial score (nSPS) is 12.1.